The summed E-state index contributed by atoms with van der Waals surface area (Å²) in [6.45, 7) is 2.01. The zero-order valence-corrected chi connectivity index (χ0v) is 10.8. The number of nitrogens with zero attached hydrogens (tertiary/aromatic N) is 1. The largest absolute Gasteiger partial charge is 0.477 e. The lowest BCUT2D eigenvalue weighted by Gasteiger charge is -2.18. The number of ether oxygens (including phenoxy) is 1. The molecule has 1 N–H and O–H groups in total. The highest BCUT2D eigenvalue weighted by Gasteiger charge is 2.42. The first-order valence-electron chi connectivity index (χ1n) is 5.56. The number of nitrogens with one attached hydrogen (secondary N) is 1. The van der Waals surface area contributed by atoms with E-state index < -0.39 is 41.1 Å². The second kappa shape index (κ2) is 5.78. The third-order valence-electron chi connectivity index (χ3n) is 2.17. The van der Waals surface area contributed by atoms with Crippen LogP contribution in [0.1, 0.15) is 25.0 Å². The predicted octanol–water partition coefficient (Wildman–Crippen LogP) is 3.48. The van der Waals surface area contributed by atoms with Gasteiger partial charge in [0.25, 0.3) is 0 Å². The Hall–Kier alpha value is -2.00. The van der Waals surface area contributed by atoms with E-state index in [-0.39, 0.29) is 12.7 Å². The van der Waals surface area contributed by atoms with Gasteiger partial charge in [-0.3, -0.25) is 4.79 Å². The van der Waals surface area contributed by atoms with E-state index in [1.165, 1.54) is 6.92 Å². The van der Waals surface area contributed by atoms with E-state index in [0.29, 0.717) is 0 Å². The maximum absolute atomic E-state index is 12.8. The second-order valence-corrected chi connectivity index (χ2v) is 3.85. The fourth-order valence-corrected chi connectivity index (χ4v) is 1.42. The first kappa shape index (κ1) is 17.1. The maximum atomic E-state index is 12.8. The molecule has 0 aromatic carbocycles. The summed E-state index contributed by atoms with van der Waals surface area (Å²) in [4.78, 5) is 14.0. The number of aromatic nitrogens is 1. The highest BCUT2D eigenvalue weighted by molar-refractivity contribution is 5.88. The molecule has 21 heavy (non-hydrogen) atoms. The fraction of sp³-hybridized carbons (Fsp3) is 0.455. The number of hydrogen-bond acceptors (Lipinski definition) is 3. The zero-order chi connectivity index (χ0) is 16.4. The Morgan fingerprint density at radius 2 is 1.71 bits per heavy atom. The van der Waals surface area contributed by atoms with Crippen LogP contribution in [0.5, 0.6) is 5.88 Å². The number of carbonyl (C=O) groups is 1. The lowest BCUT2D eigenvalue weighted by atomic mass is 10.1. The van der Waals surface area contributed by atoms with Gasteiger partial charge < -0.3 is 10.1 Å². The number of amides is 1. The topological polar surface area (TPSA) is 51.2 Å². The van der Waals surface area contributed by atoms with E-state index in [4.69, 9.17) is 0 Å². The molecule has 1 rings (SSSR count). The smallest absolute Gasteiger partial charge is 0.421 e. The van der Waals surface area contributed by atoms with Crippen molar-refractivity contribution in [2.24, 2.45) is 0 Å². The SMILES string of the molecule is CCOc1nc(NC(C)=O)c(C(F)(F)F)cc1C(F)(F)F. The molecule has 0 unspecified atom stereocenters. The lowest BCUT2D eigenvalue weighted by molar-refractivity contribution is -0.144. The number of anilines is 1. The molecule has 0 aliphatic heterocycles. The fourth-order valence-electron chi connectivity index (χ4n) is 1.42. The molecule has 0 spiro atoms. The summed E-state index contributed by atoms with van der Waals surface area (Å²) in [5.41, 5.74) is -3.36. The summed E-state index contributed by atoms with van der Waals surface area (Å²) < 4.78 is 81.2. The van der Waals surface area contributed by atoms with Gasteiger partial charge in [-0.2, -0.15) is 31.3 Å². The number of carbonyl (C=O) groups excluding carboxylic acids is 1. The Morgan fingerprint density at radius 3 is 2.10 bits per heavy atom. The first-order valence-corrected chi connectivity index (χ1v) is 5.56. The molecule has 0 saturated carbocycles. The first-order chi connectivity index (χ1) is 9.46. The van der Waals surface area contributed by atoms with Gasteiger partial charge in [0.15, 0.2) is 0 Å². The molecule has 0 aliphatic rings. The van der Waals surface area contributed by atoms with Crippen LogP contribution < -0.4 is 10.1 Å². The van der Waals surface area contributed by atoms with Gasteiger partial charge in [0.2, 0.25) is 11.8 Å². The van der Waals surface area contributed by atoms with E-state index in [1.54, 1.807) is 5.32 Å². The molecule has 4 nitrogen and oxygen atoms in total. The molecular formula is C11H10F6N2O2. The van der Waals surface area contributed by atoms with Crippen molar-refractivity contribution in [2.75, 3.05) is 11.9 Å². The normalized spacial score (nSPS) is 12.2. The molecule has 0 saturated heterocycles. The van der Waals surface area contributed by atoms with Crippen molar-refractivity contribution in [3.8, 4) is 5.88 Å². The van der Waals surface area contributed by atoms with Crippen molar-refractivity contribution in [1.29, 1.82) is 0 Å². The van der Waals surface area contributed by atoms with Gasteiger partial charge in [-0.1, -0.05) is 0 Å². The molecule has 10 heteroatoms. The van der Waals surface area contributed by atoms with Crippen molar-refractivity contribution in [3.05, 3.63) is 17.2 Å². The van der Waals surface area contributed by atoms with Gasteiger partial charge in [-0.05, 0) is 13.0 Å². The quantitative estimate of drug-likeness (QED) is 0.869. The molecule has 118 valence electrons. The molecule has 0 bridgehead atoms. The van der Waals surface area contributed by atoms with Crippen molar-refractivity contribution in [1.82, 2.24) is 4.98 Å². The third-order valence-corrected chi connectivity index (χ3v) is 2.17. The van der Waals surface area contributed by atoms with Crippen LogP contribution in [0, 0.1) is 0 Å². The third kappa shape index (κ3) is 4.23. The number of halogens is 6. The van der Waals surface area contributed by atoms with Crippen LogP contribution in [-0.2, 0) is 17.1 Å². The van der Waals surface area contributed by atoms with Gasteiger partial charge in [0, 0.05) is 6.92 Å². The predicted molar refractivity (Wildman–Crippen MR) is 59.7 cm³/mol. The minimum atomic E-state index is -5.12. The molecule has 1 aromatic rings. The number of pyridine rings is 1. The number of hydrogen-bond donors (Lipinski definition) is 1. The molecule has 1 heterocycles. The Labute approximate surface area is 115 Å². The van der Waals surface area contributed by atoms with Crippen LogP contribution in [0.2, 0.25) is 0 Å². The van der Waals surface area contributed by atoms with Crippen molar-refractivity contribution < 1.29 is 35.9 Å². The van der Waals surface area contributed by atoms with Crippen LogP contribution in [0.3, 0.4) is 0 Å². The monoisotopic (exact) mass is 316 g/mol. The summed E-state index contributed by atoms with van der Waals surface area (Å²) in [5.74, 6) is -2.97. The van der Waals surface area contributed by atoms with Gasteiger partial charge in [0.1, 0.15) is 11.4 Å². The average molecular weight is 316 g/mol. The number of rotatable bonds is 3. The molecule has 1 aromatic heterocycles. The zero-order valence-electron chi connectivity index (χ0n) is 10.8. The van der Waals surface area contributed by atoms with Crippen molar-refractivity contribution in [3.63, 3.8) is 0 Å². The molecular weight excluding hydrogens is 306 g/mol. The van der Waals surface area contributed by atoms with Gasteiger partial charge in [0.05, 0.1) is 12.2 Å². The van der Waals surface area contributed by atoms with Gasteiger partial charge >= 0.3 is 12.4 Å². The van der Waals surface area contributed by atoms with Crippen LogP contribution in [0.25, 0.3) is 0 Å². The van der Waals surface area contributed by atoms with E-state index >= 15 is 0 Å². The van der Waals surface area contributed by atoms with Crippen molar-refractivity contribution in [2.45, 2.75) is 26.2 Å². The summed E-state index contributed by atoms with van der Waals surface area (Å²) in [6.07, 6.45) is -10.2. The maximum Gasteiger partial charge on any atom is 0.421 e. The molecule has 0 aliphatic carbocycles. The Morgan fingerprint density at radius 1 is 1.19 bits per heavy atom. The molecule has 1 amide bonds. The van der Waals surface area contributed by atoms with E-state index in [0.717, 1.165) is 6.92 Å². The van der Waals surface area contributed by atoms with Gasteiger partial charge in [-0.25, -0.2) is 0 Å². The molecule has 0 atom stereocenters. The van der Waals surface area contributed by atoms with Crippen molar-refractivity contribution >= 4 is 11.7 Å². The lowest BCUT2D eigenvalue weighted by Crippen LogP contribution is -2.19. The van der Waals surface area contributed by atoms with Crippen LogP contribution >= 0.6 is 0 Å². The number of alkyl halides is 6. The Balaban J connectivity index is 3.57. The highest BCUT2D eigenvalue weighted by atomic mass is 19.4. The van der Waals surface area contributed by atoms with Crippen LogP contribution in [0.4, 0.5) is 32.2 Å². The minimum absolute atomic E-state index is 0.136. The average Bonchev–Trinajstić information content (AvgIpc) is 2.25. The summed E-state index contributed by atoms with van der Waals surface area (Å²) in [6, 6.07) is -0.136. The summed E-state index contributed by atoms with van der Waals surface area (Å²) in [5, 5.41) is 1.74. The molecule has 0 radical (unpaired) electrons. The van der Waals surface area contributed by atoms with Crippen LogP contribution in [0.15, 0.2) is 6.07 Å². The highest BCUT2D eigenvalue weighted by Crippen LogP contribution is 2.42. The minimum Gasteiger partial charge on any atom is -0.477 e. The second-order valence-electron chi connectivity index (χ2n) is 3.85. The van der Waals surface area contributed by atoms with Gasteiger partial charge in [-0.15, -0.1) is 0 Å². The Bertz CT molecular complexity index is 539. The summed E-state index contributed by atoms with van der Waals surface area (Å²) >= 11 is 0. The van der Waals surface area contributed by atoms with E-state index in [2.05, 4.69) is 9.72 Å². The Kier molecular flexibility index (Phi) is 4.69. The van der Waals surface area contributed by atoms with E-state index in [9.17, 15) is 31.1 Å². The van der Waals surface area contributed by atoms with E-state index in [1.807, 2.05) is 0 Å². The standard InChI is InChI=1S/C11H10F6N2O2/c1-3-21-9-7(11(15,16)17)4-6(10(12,13)14)8(19-9)18-5(2)20/h4H,3H2,1-2H3,(H,18,19,20). The summed E-state index contributed by atoms with van der Waals surface area (Å²) in [7, 11) is 0. The molecule has 0 fully saturated rings. The van der Waals surface area contributed by atoms with Crippen LogP contribution in [-0.4, -0.2) is 17.5 Å².